The molecule has 0 aliphatic heterocycles. The van der Waals surface area contributed by atoms with Gasteiger partial charge in [0.2, 0.25) is 0 Å². The zero-order valence-corrected chi connectivity index (χ0v) is 61.3. The molecule has 0 saturated heterocycles. The van der Waals surface area contributed by atoms with Crippen molar-refractivity contribution in [2.45, 2.75) is 375 Å². The minimum atomic E-state index is -4.95. The lowest BCUT2D eigenvalue weighted by Crippen LogP contribution is -2.30. The molecule has 19 heteroatoms. The first-order chi connectivity index (χ1) is 43.6. The minimum Gasteiger partial charge on any atom is -0.462 e. The fourth-order valence-corrected chi connectivity index (χ4v) is 12.4. The number of hydrogen-bond donors (Lipinski definition) is 3. The van der Waals surface area contributed by atoms with Gasteiger partial charge in [-0.25, -0.2) is 9.13 Å². The summed E-state index contributed by atoms with van der Waals surface area (Å²) in [6.45, 7) is 14.0. The Labute approximate surface area is 556 Å². The smallest absolute Gasteiger partial charge is 0.462 e. The molecule has 17 nitrogen and oxygen atoms in total. The van der Waals surface area contributed by atoms with Crippen LogP contribution in [0.1, 0.15) is 357 Å². The Hall–Kier alpha value is -1.94. The SMILES string of the molecule is CC(C)CCCCCCCCCCCCCCCCCCCCC(=O)O[C@H](COC(=O)CCCCCCCCC(C)C)COP(=O)(O)OC[C@@H](O)COP(=O)(O)OC[C@@H](COC(=O)CCCCCCCCC(C)C)OC(=O)CCCCCCCCCCCC(C)C. The predicted molar refractivity (Wildman–Crippen MR) is 367 cm³/mol. The average Bonchev–Trinajstić information content (AvgIpc) is 2.04. The van der Waals surface area contributed by atoms with Gasteiger partial charge in [-0.15, -0.1) is 0 Å². The Kier molecular flexibility index (Phi) is 60.3. The van der Waals surface area contributed by atoms with Crippen molar-refractivity contribution in [3.05, 3.63) is 0 Å². The van der Waals surface area contributed by atoms with E-state index in [0.717, 1.165) is 115 Å². The highest BCUT2D eigenvalue weighted by atomic mass is 31.2. The van der Waals surface area contributed by atoms with Crippen molar-refractivity contribution in [1.29, 1.82) is 0 Å². The van der Waals surface area contributed by atoms with Crippen molar-refractivity contribution in [1.82, 2.24) is 0 Å². The molecule has 2 unspecified atom stereocenters. The van der Waals surface area contributed by atoms with Crippen molar-refractivity contribution in [3.63, 3.8) is 0 Å². The number of aliphatic hydroxyl groups excluding tert-OH is 1. The molecule has 0 saturated carbocycles. The van der Waals surface area contributed by atoms with E-state index in [0.29, 0.717) is 37.5 Å². The number of carbonyl (C=O) groups is 4. The third-order valence-electron chi connectivity index (χ3n) is 16.6. The molecule has 0 aromatic rings. The molecular formula is C72H140O17P2. The fourth-order valence-electron chi connectivity index (χ4n) is 10.8. The number of phosphoric ester groups is 2. The van der Waals surface area contributed by atoms with E-state index in [1.54, 1.807) is 0 Å². The van der Waals surface area contributed by atoms with Crippen LogP contribution in [-0.4, -0.2) is 96.7 Å². The summed E-state index contributed by atoms with van der Waals surface area (Å²) < 4.78 is 68.2. The Balaban J connectivity index is 5.14. The topological polar surface area (TPSA) is 237 Å². The standard InChI is InChI=1S/C72H140O17P2/c1-62(2)48-40-32-24-20-17-15-13-11-9-10-12-14-16-18-22-26-38-46-54-71(76)88-67(58-82-69(74)52-44-36-30-28-34-42-50-64(5)6)60-86-90(78,79)84-56-66(73)57-85-91(80,81)87-61-68(59-83-70(75)53-45-37-31-29-35-43-51-65(7)8)89-72(77)55-47-39-27-23-19-21-25-33-41-49-63(3)4/h62-68,73H,9-61H2,1-8H3,(H,78,79)(H,80,81)/t66-,67-,68-/m1/s1. The van der Waals surface area contributed by atoms with Gasteiger partial charge >= 0.3 is 39.5 Å². The summed E-state index contributed by atoms with van der Waals surface area (Å²) >= 11 is 0. The molecule has 0 aliphatic rings. The highest BCUT2D eigenvalue weighted by Gasteiger charge is 2.30. The van der Waals surface area contributed by atoms with Gasteiger partial charge in [0.05, 0.1) is 26.4 Å². The van der Waals surface area contributed by atoms with Crippen molar-refractivity contribution >= 4 is 39.5 Å². The van der Waals surface area contributed by atoms with E-state index in [9.17, 15) is 43.2 Å². The molecule has 5 atom stereocenters. The van der Waals surface area contributed by atoms with E-state index < -0.39 is 97.5 Å². The third-order valence-corrected chi connectivity index (χ3v) is 18.5. The van der Waals surface area contributed by atoms with E-state index >= 15 is 0 Å². The summed E-state index contributed by atoms with van der Waals surface area (Å²) in [4.78, 5) is 72.5. The van der Waals surface area contributed by atoms with Crippen LogP contribution in [0.25, 0.3) is 0 Å². The molecule has 0 bridgehead atoms. The summed E-state index contributed by atoms with van der Waals surface area (Å²) in [5.41, 5.74) is 0. The first-order valence-corrected chi connectivity index (χ1v) is 40.2. The summed E-state index contributed by atoms with van der Waals surface area (Å²) in [5, 5.41) is 10.6. The van der Waals surface area contributed by atoms with Gasteiger partial charge in [-0.05, 0) is 49.4 Å². The summed E-state index contributed by atoms with van der Waals surface area (Å²) in [6, 6.07) is 0. The number of rotatable bonds is 69. The Bertz CT molecular complexity index is 1800. The highest BCUT2D eigenvalue weighted by molar-refractivity contribution is 7.47. The van der Waals surface area contributed by atoms with E-state index in [-0.39, 0.29) is 25.7 Å². The first kappa shape index (κ1) is 89.1. The molecule has 0 fully saturated rings. The van der Waals surface area contributed by atoms with Gasteiger partial charge in [0.15, 0.2) is 12.2 Å². The highest BCUT2D eigenvalue weighted by Crippen LogP contribution is 2.45. The van der Waals surface area contributed by atoms with Crippen LogP contribution in [-0.2, 0) is 65.4 Å². The van der Waals surface area contributed by atoms with E-state index in [1.807, 2.05) is 0 Å². The zero-order chi connectivity index (χ0) is 67.5. The lowest BCUT2D eigenvalue weighted by atomic mass is 10.0. The molecule has 0 spiro atoms. The number of unbranched alkanes of at least 4 members (excludes halogenated alkanes) is 35. The third kappa shape index (κ3) is 66.5. The molecule has 0 aliphatic carbocycles. The molecule has 0 radical (unpaired) electrons. The quantitative estimate of drug-likeness (QED) is 0.0222. The van der Waals surface area contributed by atoms with Gasteiger partial charge in [-0.2, -0.15) is 0 Å². The maximum absolute atomic E-state index is 13.0. The van der Waals surface area contributed by atoms with Crippen LogP contribution in [0.5, 0.6) is 0 Å². The Morgan fingerprint density at radius 3 is 0.681 bits per heavy atom. The molecule has 3 N–H and O–H groups in total. The number of phosphoric acid groups is 2. The normalized spacial score (nSPS) is 14.2. The first-order valence-electron chi connectivity index (χ1n) is 37.2. The molecule has 0 amide bonds. The van der Waals surface area contributed by atoms with Crippen LogP contribution >= 0.6 is 15.6 Å². The van der Waals surface area contributed by atoms with Crippen LogP contribution in [0.4, 0.5) is 0 Å². The van der Waals surface area contributed by atoms with Crippen molar-refractivity contribution in [3.8, 4) is 0 Å². The largest absolute Gasteiger partial charge is 0.472 e. The van der Waals surface area contributed by atoms with Crippen molar-refractivity contribution in [2.75, 3.05) is 39.6 Å². The Morgan fingerprint density at radius 2 is 0.462 bits per heavy atom. The van der Waals surface area contributed by atoms with Gasteiger partial charge in [0, 0.05) is 25.7 Å². The Morgan fingerprint density at radius 1 is 0.275 bits per heavy atom. The summed E-state index contributed by atoms with van der Waals surface area (Å²) in [5.74, 6) is 0.783. The van der Waals surface area contributed by atoms with Crippen molar-refractivity contribution < 1.29 is 80.2 Å². The number of aliphatic hydroxyl groups is 1. The zero-order valence-electron chi connectivity index (χ0n) is 59.5. The summed E-state index contributed by atoms with van der Waals surface area (Å²) in [7, 11) is -9.90. The molecule has 91 heavy (non-hydrogen) atoms. The van der Waals surface area contributed by atoms with E-state index in [4.69, 9.17) is 37.0 Å². The van der Waals surface area contributed by atoms with Crippen LogP contribution in [0.3, 0.4) is 0 Å². The number of esters is 4. The van der Waals surface area contributed by atoms with Crippen LogP contribution in [0, 0.1) is 23.7 Å². The fraction of sp³-hybridized carbons (Fsp3) is 0.944. The molecule has 0 rings (SSSR count). The van der Waals surface area contributed by atoms with Crippen LogP contribution in [0.15, 0.2) is 0 Å². The lowest BCUT2D eigenvalue weighted by molar-refractivity contribution is -0.161. The second-order valence-electron chi connectivity index (χ2n) is 27.9. The van der Waals surface area contributed by atoms with Crippen molar-refractivity contribution in [2.24, 2.45) is 23.7 Å². The van der Waals surface area contributed by atoms with Crippen LogP contribution < -0.4 is 0 Å². The van der Waals surface area contributed by atoms with Gasteiger partial charge in [-0.1, -0.05) is 306 Å². The maximum atomic E-state index is 13.0. The van der Waals surface area contributed by atoms with Gasteiger partial charge < -0.3 is 33.8 Å². The predicted octanol–water partition coefficient (Wildman–Crippen LogP) is 20.5. The second-order valence-corrected chi connectivity index (χ2v) is 30.8. The molecule has 0 aromatic carbocycles. The molecule has 0 aromatic heterocycles. The number of ether oxygens (including phenoxy) is 4. The molecule has 540 valence electrons. The van der Waals surface area contributed by atoms with Crippen LogP contribution in [0.2, 0.25) is 0 Å². The second kappa shape index (κ2) is 61.6. The summed E-state index contributed by atoms with van der Waals surface area (Å²) in [6.07, 6.45) is 44.9. The molecular weight excluding hydrogens is 1200 g/mol. The maximum Gasteiger partial charge on any atom is 0.472 e. The molecule has 0 heterocycles. The van der Waals surface area contributed by atoms with Gasteiger partial charge in [0.1, 0.15) is 19.3 Å². The number of carbonyl (C=O) groups excluding carboxylic acids is 4. The van der Waals surface area contributed by atoms with Gasteiger partial charge in [-0.3, -0.25) is 37.3 Å². The van der Waals surface area contributed by atoms with E-state index in [1.165, 1.54) is 148 Å². The van der Waals surface area contributed by atoms with Gasteiger partial charge in [0.25, 0.3) is 0 Å². The van der Waals surface area contributed by atoms with E-state index in [2.05, 4.69) is 55.4 Å². The average molecular weight is 1340 g/mol. The minimum absolute atomic E-state index is 0.104. The monoisotopic (exact) mass is 1340 g/mol. The number of hydrogen-bond acceptors (Lipinski definition) is 15. The lowest BCUT2D eigenvalue weighted by Gasteiger charge is -2.21.